The molecule has 3 atom stereocenters. The number of nitrogens with two attached hydrogens (primary N) is 1. The second kappa shape index (κ2) is 8.85. The first-order valence-electron chi connectivity index (χ1n) is 10.5. The third kappa shape index (κ3) is 4.14. The third-order valence-corrected chi connectivity index (χ3v) is 6.74. The fraction of sp³-hybridized carbons (Fsp3) is 0.348. The van der Waals surface area contributed by atoms with E-state index in [1.807, 2.05) is 13.0 Å². The zero-order chi connectivity index (χ0) is 23.9. The van der Waals surface area contributed by atoms with Gasteiger partial charge in [-0.25, -0.2) is 0 Å². The molecule has 2 heterocycles. The number of nitrogens with one attached hydrogen (secondary N) is 3. The summed E-state index contributed by atoms with van der Waals surface area (Å²) >= 11 is 12.5. The highest BCUT2D eigenvalue weighted by Gasteiger charge is 2.60. The van der Waals surface area contributed by atoms with Crippen molar-refractivity contribution in [3.05, 3.63) is 51.5 Å². The number of primary amides is 1. The van der Waals surface area contributed by atoms with E-state index in [-0.39, 0.29) is 24.3 Å². The molecule has 10 heteroatoms. The smallest absolute Gasteiger partial charge is 0.250 e. The number of hydrogen-bond donors (Lipinski definition) is 4. The van der Waals surface area contributed by atoms with Gasteiger partial charge in [-0.15, -0.1) is 0 Å². The predicted molar refractivity (Wildman–Crippen MR) is 127 cm³/mol. The fourth-order valence-electron chi connectivity index (χ4n) is 4.75. The Hall–Kier alpha value is -2.81. The van der Waals surface area contributed by atoms with E-state index in [2.05, 4.69) is 16.0 Å². The number of anilines is 2. The Bertz CT molecular complexity index is 1160. The molecular weight excluding hydrogens is 467 g/mol. The molecule has 0 radical (unpaired) electrons. The normalized spacial score (nSPS) is 23.3. The number of aryl methyl sites for hydroxylation is 1. The summed E-state index contributed by atoms with van der Waals surface area (Å²) in [5.41, 5.74) is 6.33. The summed E-state index contributed by atoms with van der Waals surface area (Å²) in [5, 5.41) is 9.87. The highest BCUT2D eigenvalue weighted by atomic mass is 35.5. The van der Waals surface area contributed by atoms with Crippen molar-refractivity contribution in [2.45, 2.75) is 37.8 Å². The van der Waals surface area contributed by atoms with Gasteiger partial charge < -0.3 is 21.1 Å². The molecule has 0 aromatic heterocycles. The van der Waals surface area contributed by atoms with Crippen LogP contribution in [0.5, 0.6) is 5.75 Å². The number of carbonyl (C=O) groups is 3. The molecule has 174 valence electrons. The van der Waals surface area contributed by atoms with E-state index in [1.165, 1.54) is 7.11 Å². The molecule has 4 rings (SSSR count). The van der Waals surface area contributed by atoms with E-state index >= 15 is 0 Å². The number of ether oxygens (including phenoxy) is 1. The summed E-state index contributed by atoms with van der Waals surface area (Å²) in [7, 11) is 1.49. The Morgan fingerprint density at radius 1 is 1.27 bits per heavy atom. The van der Waals surface area contributed by atoms with Gasteiger partial charge in [0.05, 0.1) is 29.4 Å². The minimum absolute atomic E-state index is 0.132. The zero-order valence-corrected chi connectivity index (χ0v) is 19.6. The van der Waals surface area contributed by atoms with Crippen molar-refractivity contribution in [1.82, 2.24) is 5.32 Å². The first-order valence-corrected chi connectivity index (χ1v) is 11.2. The molecule has 8 nitrogen and oxygen atoms in total. The first kappa shape index (κ1) is 23.4. The largest absolute Gasteiger partial charge is 0.495 e. The van der Waals surface area contributed by atoms with Crippen molar-refractivity contribution in [3.63, 3.8) is 0 Å². The molecule has 1 spiro atoms. The van der Waals surface area contributed by atoms with E-state index in [4.69, 9.17) is 33.7 Å². The van der Waals surface area contributed by atoms with Gasteiger partial charge in [0, 0.05) is 23.0 Å². The summed E-state index contributed by atoms with van der Waals surface area (Å²) in [6, 6.07) is 8.21. The van der Waals surface area contributed by atoms with Crippen molar-refractivity contribution in [3.8, 4) is 5.75 Å². The summed E-state index contributed by atoms with van der Waals surface area (Å²) < 4.78 is 5.34. The number of hydrogen-bond acceptors (Lipinski definition) is 5. The SMILES string of the molecule is COc1ccc(Cl)cc1NC(=O)[C@H]1C[C@H](CCC(N)=O)N[C@]12C(=O)Nc1c(Cl)cc(C)cc12. The lowest BCUT2D eigenvalue weighted by molar-refractivity contribution is -0.130. The van der Waals surface area contributed by atoms with Crippen molar-refractivity contribution in [2.24, 2.45) is 11.7 Å². The van der Waals surface area contributed by atoms with Crippen LogP contribution in [0.1, 0.15) is 30.4 Å². The predicted octanol–water partition coefficient (Wildman–Crippen LogP) is 3.34. The molecular formula is C23H24Cl2N4O4. The van der Waals surface area contributed by atoms with Gasteiger partial charge in [-0.1, -0.05) is 29.3 Å². The molecule has 1 saturated heterocycles. The zero-order valence-electron chi connectivity index (χ0n) is 18.1. The van der Waals surface area contributed by atoms with Gasteiger partial charge in [-0.2, -0.15) is 0 Å². The number of halogens is 2. The number of amides is 3. The molecule has 5 N–H and O–H groups in total. The molecule has 2 aromatic carbocycles. The van der Waals surface area contributed by atoms with Crippen LogP contribution >= 0.6 is 23.2 Å². The summed E-state index contributed by atoms with van der Waals surface area (Å²) in [4.78, 5) is 38.4. The summed E-state index contributed by atoms with van der Waals surface area (Å²) in [5.74, 6) is -1.56. The number of carbonyl (C=O) groups excluding carboxylic acids is 3. The summed E-state index contributed by atoms with van der Waals surface area (Å²) in [6.45, 7) is 1.87. The molecule has 3 amide bonds. The molecule has 0 saturated carbocycles. The van der Waals surface area contributed by atoms with Crippen molar-refractivity contribution >= 4 is 52.3 Å². The van der Waals surface area contributed by atoms with E-state index in [1.54, 1.807) is 24.3 Å². The molecule has 0 bridgehead atoms. The lowest BCUT2D eigenvalue weighted by Crippen LogP contribution is -2.52. The monoisotopic (exact) mass is 490 g/mol. The highest BCUT2D eigenvalue weighted by Crippen LogP contribution is 2.50. The van der Waals surface area contributed by atoms with Gasteiger partial charge in [-0.3, -0.25) is 19.7 Å². The average Bonchev–Trinajstić information content (AvgIpc) is 3.27. The van der Waals surface area contributed by atoms with Gasteiger partial charge in [0.1, 0.15) is 11.3 Å². The van der Waals surface area contributed by atoms with Crippen LogP contribution in [0.25, 0.3) is 0 Å². The van der Waals surface area contributed by atoms with Crippen LogP contribution < -0.4 is 26.4 Å². The maximum atomic E-state index is 13.6. The minimum atomic E-state index is -1.34. The van der Waals surface area contributed by atoms with Crippen LogP contribution in [-0.4, -0.2) is 30.9 Å². The Labute approximate surface area is 201 Å². The number of benzene rings is 2. The molecule has 1 fully saturated rings. The lowest BCUT2D eigenvalue weighted by Gasteiger charge is -2.29. The standard InChI is InChI=1S/C23H24Cl2N4O4/c1-11-7-14-20(16(25)8-11)28-22(32)23(14)15(10-13(29-23)4-6-19(26)30)21(31)27-17-9-12(24)3-5-18(17)33-2/h3,5,7-9,13,15,29H,4,6,10H2,1-2H3,(H2,26,30)(H,27,31)(H,28,32)/t13-,15+,23-/m0/s1. The number of rotatable bonds is 6. The molecule has 33 heavy (non-hydrogen) atoms. The molecule has 2 aromatic rings. The lowest BCUT2D eigenvalue weighted by atomic mass is 9.79. The van der Waals surface area contributed by atoms with E-state index < -0.39 is 17.4 Å². The van der Waals surface area contributed by atoms with E-state index in [0.29, 0.717) is 45.6 Å². The second-order valence-corrected chi connectivity index (χ2v) is 9.24. The number of fused-ring (bicyclic) bond motifs is 2. The third-order valence-electron chi connectivity index (χ3n) is 6.21. The fourth-order valence-corrected chi connectivity index (χ4v) is 5.25. The topological polar surface area (TPSA) is 123 Å². The maximum Gasteiger partial charge on any atom is 0.250 e. The van der Waals surface area contributed by atoms with Crippen LogP contribution in [0.4, 0.5) is 11.4 Å². The van der Waals surface area contributed by atoms with Gasteiger partial charge in [0.15, 0.2) is 0 Å². The number of methoxy groups -OCH3 is 1. The quantitative estimate of drug-likeness (QED) is 0.494. The molecule has 0 aliphatic carbocycles. The van der Waals surface area contributed by atoms with Crippen LogP contribution in [0.3, 0.4) is 0 Å². The van der Waals surface area contributed by atoms with Gasteiger partial charge in [0.2, 0.25) is 17.7 Å². The van der Waals surface area contributed by atoms with Gasteiger partial charge in [-0.05, 0) is 49.6 Å². The Morgan fingerprint density at radius 2 is 2.03 bits per heavy atom. The van der Waals surface area contributed by atoms with Crippen LogP contribution in [-0.2, 0) is 19.9 Å². The second-order valence-electron chi connectivity index (χ2n) is 8.40. The van der Waals surface area contributed by atoms with Crippen molar-refractivity contribution in [1.29, 1.82) is 0 Å². The molecule has 0 unspecified atom stereocenters. The molecule has 2 aliphatic rings. The maximum absolute atomic E-state index is 13.6. The van der Waals surface area contributed by atoms with Crippen LogP contribution in [0, 0.1) is 12.8 Å². The van der Waals surface area contributed by atoms with Gasteiger partial charge >= 0.3 is 0 Å². The Kier molecular flexibility index (Phi) is 6.26. The van der Waals surface area contributed by atoms with E-state index in [0.717, 1.165) is 5.56 Å². The van der Waals surface area contributed by atoms with Crippen LogP contribution in [0.15, 0.2) is 30.3 Å². The molecule has 2 aliphatic heterocycles. The van der Waals surface area contributed by atoms with Gasteiger partial charge in [0.25, 0.3) is 0 Å². The highest BCUT2D eigenvalue weighted by molar-refractivity contribution is 6.35. The van der Waals surface area contributed by atoms with Crippen molar-refractivity contribution < 1.29 is 19.1 Å². The van der Waals surface area contributed by atoms with Crippen LogP contribution in [0.2, 0.25) is 10.0 Å². The Balaban J connectivity index is 1.75. The summed E-state index contributed by atoms with van der Waals surface area (Å²) in [6.07, 6.45) is 0.844. The van der Waals surface area contributed by atoms with E-state index in [9.17, 15) is 14.4 Å². The Morgan fingerprint density at radius 3 is 2.73 bits per heavy atom. The van der Waals surface area contributed by atoms with Crippen molar-refractivity contribution in [2.75, 3.05) is 17.7 Å². The minimum Gasteiger partial charge on any atom is -0.495 e. The first-order chi connectivity index (χ1) is 15.6. The average molecular weight is 491 g/mol.